The van der Waals surface area contributed by atoms with Gasteiger partial charge < -0.3 is 4.42 Å². The number of hydrogen-bond donors (Lipinski definition) is 0. The first kappa shape index (κ1) is 13.5. The normalized spacial score (nSPS) is 36.2. The van der Waals surface area contributed by atoms with Gasteiger partial charge in [0.05, 0.1) is 3.57 Å². The third-order valence-electron chi connectivity index (χ3n) is 5.90. The Hall–Kier alpha value is -0.920. The average Bonchev–Trinajstić information content (AvgIpc) is 3.04. The number of rotatable bonds is 2. The fourth-order valence-electron chi connectivity index (χ4n) is 5.51. The molecule has 4 saturated carbocycles. The van der Waals surface area contributed by atoms with Crippen molar-refractivity contribution in [1.29, 1.82) is 0 Å². The second-order valence-corrected chi connectivity index (χ2v) is 8.77. The molecule has 22 heavy (non-hydrogen) atoms. The lowest BCUT2D eigenvalue weighted by atomic mass is 9.49. The van der Waals surface area contributed by atoms with Crippen molar-refractivity contribution in [2.24, 2.45) is 24.8 Å². The molecule has 4 fully saturated rings. The van der Waals surface area contributed by atoms with E-state index in [1.807, 2.05) is 13.2 Å². The van der Waals surface area contributed by atoms with Crippen LogP contribution in [0.15, 0.2) is 10.6 Å². The highest BCUT2D eigenvalue weighted by atomic mass is 127. The Bertz CT molecular complexity index is 699. The Morgan fingerprint density at radius 1 is 1.14 bits per heavy atom. The van der Waals surface area contributed by atoms with Crippen LogP contribution in [0.3, 0.4) is 0 Å². The highest BCUT2D eigenvalue weighted by Gasteiger charge is 2.54. The topological polar surface area (TPSA) is 56.7 Å². The largest absolute Gasteiger partial charge is 0.419 e. The zero-order chi connectivity index (χ0) is 14.9. The molecule has 6 rings (SSSR count). The molecule has 6 heteroatoms. The minimum atomic E-state index is 0.167. The van der Waals surface area contributed by atoms with Gasteiger partial charge in [-0.05, 0) is 78.9 Å². The van der Waals surface area contributed by atoms with Gasteiger partial charge in [0.15, 0.2) is 5.69 Å². The average molecular weight is 410 g/mol. The number of aromatic nitrogens is 4. The summed E-state index contributed by atoms with van der Waals surface area (Å²) in [4.78, 5) is 0. The number of aryl methyl sites for hydroxylation is 1. The van der Waals surface area contributed by atoms with Gasteiger partial charge in [-0.15, -0.1) is 10.2 Å². The van der Waals surface area contributed by atoms with Crippen LogP contribution in [0.5, 0.6) is 0 Å². The fraction of sp³-hybridized carbons (Fsp3) is 0.688. The lowest BCUT2D eigenvalue weighted by Crippen LogP contribution is -2.48. The first-order valence-electron chi connectivity index (χ1n) is 8.15. The molecule has 0 amide bonds. The molecule has 2 aromatic rings. The fourth-order valence-corrected chi connectivity index (χ4v) is 6.25. The maximum absolute atomic E-state index is 6.15. The summed E-state index contributed by atoms with van der Waals surface area (Å²) in [6, 6.07) is 0. The Morgan fingerprint density at radius 2 is 1.77 bits per heavy atom. The van der Waals surface area contributed by atoms with E-state index in [0.717, 1.165) is 32.9 Å². The van der Waals surface area contributed by atoms with Crippen LogP contribution in [0.25, 0.3) is 11.6 Å². The number of hydrogen-bond acceptors (Lipinski definition) is 4. The standard InChI is InChI=1S/C16H19IN4O/c1-21-8-12(17)13(20-21)14-18-19-15(22-14)16-5-9-2-10(6-16)4-11(3-9)7-16/h8-11H,2-7H2,1H3. The molecule has 0 spiro atoms. The van der Waals surface area contributed by atoms with Gasteiger partial charge in [0.1, 0.15) is 0 Å². The van der Waals surface area contributed by atoms with Crippen molar-refractivity contribution in [1.82, 2.24) is 20.0 Å². The molecule has 0 radical (unpaired) electrons. The second-order valence-electron chi connectivity index (χ2n) is 7.61. The Morgan fingerprint density at radius 3 is 2.32 bits per heavy atom. The molecule has 0 N–H and O–H groups in total. The summed E-state index contributed by atoms with van der Waals surface area (Å²) in [6.07, 6.45) is 10.0. The van der Waals surface area contributed by atoms with Crippen LogP contribution >= 0.6 is 22.6 Å². The lowest BCUT2D eigenvalue weighted by molar-refractivity contribution is -0.0176. The van der Waals surface area contributed by atoms with E-state index in [0.29, 0.717) is 5.89 Å². The molecule has 0 aliphatic heterocycles. The zero-order valence-electron chi connectivity index (χ0n) is 12.6. The highest BCUT2D eigenvalue weighted by molar-refractivity contribution is 14.1. The first-order valence-corrected chi connectivity index (χ1v) is 9.23. The minimum Gasteiger partial charge on any atom is -0.419 e. The Labute approximate surface area is 143 Å². The summed E-state index contributed by atoms with van der Waals surface area (Å²) in [6.45, 7) is 0. The minimum absolute atomic E-state index is 0.167. The van der Waals surface area contributed by atoms with E-state index < -0.39 is 0 Å². The molecule has 4 aliphatic carbocycles. The smallest absolute Gasteiger partial charge is 0.269 e. The molecule has 2 aromatic heterocycles. The Balaban J connectivity index is 1.53. The maximum atomic E-state index is 6.15. The van der Waals surface area contributed by atoms with Crippen LogP contribution in [-0.4, -0.2) is 20.0 Å². The summed E-state index contributed by atoms with van der Waals surface area (Å²) in [5, 5.41) is 13.2. The molecule has 0 atom stereocenters. The van der Waals surface area contributed by atoms with Crippen LogP contribution in [0.1, 0.15) is 44.4 Å². The van der Waals surface area contributed by atoms with E-state index in [4.69, 9.17) is 4.42 Å². The van der Waals surface area contributed by atoms with Gasteiger partial charge in [0, 0.05) is 18.7 Å². The van der Waals surface area contributed by atoms with Gasteiger partial charge in [0.25, 0.3) is 5.89 Å². The second kappa shape index (κ2) is 4.55. The van der Waals surface area contributed by atoms with Gasteiger partial charge in [-0.3, -0.25) is 4.68 Å². The molecular weight excluding hydrogens is 391 g/mol. The number of halogens is 1. The highest BCUT2D eigenvalue weighted by Crippen LogP contribution is 2.60. The van der Waals surface area contributed by atoms with Gasteiger partial charge in [-0.2, -0.15) is 5.10 Å². The molecule has 4 bridgehead atoms. The van der Waals surface area contributed by atoms with Crippen molar-refractivity contribution in [3.8, 4) is 11.6 Å². The summed E-state index contributed by atoms with van der Waals surface area (Å²) >= 11 is 2.27. The molecular formula is C16H19IN4O. The quantitative estimate of drug-likeness (QED) is 0.711. The molecule has 0 saturated heterocycles. The predicted octanol–water partition coefficient (Wildman–Crippen LogP) is 3.54. The van der Waals surface area contributed by atoms with Crippen LogP contribution in [0.2, 0.25) is 0 Å². The zero-order valence-corrected chi connectivity index (χ0v) is 14.8. The van der Waals surface area contributed by atoms with E-state index in [1.165, 1.54) is 38.5 Å². The molecule has 4 aliphatic rings. The summed E-state index contributed by atoms with van der Waals surface area (Å²) < 4.78 is 9.00. The van der Waals surface area contributed by atoms with Crippen LogP contribution in [0, 0.1) is 21.3 Å². The molecule has 0 unspecified atom stereocenters. The van der Waals surface area contributed by atoms with Crippen LogP contribution in [0.4, 0.5) is 0 Å². The first-order chi connectivity index (χ1) is 10.6. The van der Waals surface area contributed by atoms with E-state index in [1.54, 1.807) is 4.68 Å². The summed E-state index contributed by atoms with van der Waals surface area (Å²) in [5.41, 5.74) is 0.979. The predicted molar refractivity (Wildman–Crippen MR) is 89.1 cm³/mol. The third-order valence-corrected chi connectivity index (χ3v) is 6.69. The number of nitrogens with zero attached hydrogens (tertiary/aromatic N) is 4. The van der Waals surface area contributed by atoms with Gasteiger partial charge in [0.2, 0.25) is 5.89 Å². The van der Waals surface area contributed by atoms with Crippen molar-refractivity contribution in [3.63, 3.8) is 0 Å². The third kappa shape index (κ3) is 1.91. The van der Waals surface area contributed by atoms with Crippen molar-refractivity contribution in [2.45, 2.75) is 43.9 Å². The van der Waals surface area contributed by atoms with E-state index in [9.17, 15) is 0 Å². The summed E-state index contributed by atoms with van der Waals surface area (Å²) in [5.74, 6) is 4.11. The Kier molecular flexibility index (Phi) is 2.80. The van der Waals surface area contributed by atoms with Crippen molar-refractivity contribution < 1.29 is 4.42 Å². The van der Waals surface area contributed by atoms with Crippen molar-refractivity contribution in [2.75, 3.05) is 0 Å². The molecule has 0 aromatic carbocycles. The van der Waals surface area contributed by atoms with Crippen molar-refractivity contribution >= 4 is 22.6 Å². The van der Waals surface area contributed by atoms with Crippen LogP contribution < -0.4 is 0 Å². The van der Waals surface area contributed by atoms with Gasteiger partial charge >= 0.3 is 0 Å². The molecule has 116 valence electrons. The van der Waals surface area contributed by atoms with E-state index >= 15 is 0 Å². The van der Waals surface area contributed by atoms with Gasteiger partial charge in [-0.25, -0.2) is 0 Å². The van der Waals surface area contributed by atoms with Crippen molar-refractivity contribution in [3.05, 3.63) is 15.7 Å². The van der Waals surface area contributed by atoms with E-state index in [2.05, 4.69) is 37.9 Å². The SMILES string of the molecule is Cn1cc(I)c(-c2nnc(C34CC5CC(CC(C5)C3)C4)o2)n1. The molecule has 2 heterocycles. The summed E-state index contributed by atoms with van der Waals surface area (Å²) in [7, 11) is 1.92. The van der Waals surface area contributed by atoms with Gasteiger partial charge in [-0.1, -0.05) is 0 Å². The lowest BCUT2D eigenvalue weighted by Gasteiger charge is -2.55. The molecule has 5 nitrogen and oxygen atoms in total. The maximum Gasteiger partial charge on any atom is 0.269 e. The van der Waals surface area contributed by atoms with Crippen LogP contribution in [-0.2, 0) is 12.5 Å². The monoisotopic (exact) mass is 410 g/mol. The van der Waals surface area contributed by atoms with E-state index in [-0.39, 0.29) is 5.41 Å².